The molecule has 2 bridgehead atoms. The summed E-state index contributed by atoms with van der Waals surface area (Å²) in [6.45, 7) is 0. The van der Waals surface area contributed by atoms with Gasteiger partial charge < -0.3 is 10.4 Å². The molecular formula is C15H13FINO3. The first-order valence-electron chi connectivity index (χ1n) is 6.64. The topological polar surface area (TPSA) is 66.4 Å². The fourth-order valence-electron chi connectivity index (χ4n) is 3.32. The third-order valence-electron chi connectivity index (χ3n) is 4.24. The van der Waals surface area contributed by atoms with E-state index in [0.717, 1.165) is 6.42 Å². The Morgan fingerprint density at radius 1 is 1.24 bits per heavy atom. The van der Waals surface area contributed by atoms with Crippen LogP contribution in [0.5, 0.6) is 0 Å². The maximum absolute atomic E-state index is 13.1. The lowest BCUT2D eigenvalue weighted by Gasteiger charge is -2.24. The number of amides is 1. The van der Waals surface area contributed by atoms with E-state index in [1.54, 1.807) is 0 Å². The van der Waals surface area contributed by atoms with Gasteiger partial charge in [-0.1, -0.05) is 12.2 Å². The largest absolute Gasteiger partial charge is 0.481 e. The molecule has 1 fully saturated rings. The average Bonchev–Trinajstić information content (AvgIpc) is 3.02. The first kappa shape index (κ1) is 14.5. The Morgan fingerprint density at radius 2 is 1.90 bits per heavy atom. The Morgan fingerprint density at radius 3 is 2.52 bits per heavy atom. The van der Waals surface area contributed by atoms with E-state index in [2.05, 4.69) is 5.32 Å². The Bertz CT molecular complexity index is 646. The quantitative estimate of drug-likeness (QED) is 0.605. The van der Waals surface area contributed by atoms with E-state index < -0.39 is 17.8 Å². The minimum Gasteiger partial charge on any atom is -0.481 e. The SMILES string of the molecule is O=C(O)C1C2C=CC(C2)C1C(=O)Nc1ccc(F)cc1I. The van der Waals surface area contributed by atoms with Crippen LogP contribution in [-0.2, 0) is 9.59 Å². The van der Waals surface area contributed by atoms with Gasteiger partial charge in [0.2, 0.25) is 5.91 Å². The Hall–Kier alpha value is -1.44. The molecular weight excluding hydrogens is 388 g/mol. The van der Waals surface area contributed by atoms with Gasteiger partial charge in [0.25, 0.3) is 0 Å². The van der Waals surface area contributed by atoms with E-state index >= 15 is 0 Å². The van der Waals surface area contributed by atoms with Gasteiger partial charge in [0, 0.05) is 3.57 Å². The molecule has 110 valence electrons. The smallest absolute Gasteiger partial charge is 0.307 e. The molecule has 4 unspecified atom stereocenters. The first-order valence-corrected chi connectivity index (χ1v) is 7.72. The van der Waals surface area contributed by atoms with E-state index in [9.17, 15) is 19.1 Å². The van der Waals surface area contributed by atoms with Crippen LogP contribution in [0.4, 0.5) is 10.1 Å². The molecule has 4 atom stereocenters. The number of rotatable bonds is 3. The molecule has 1 aromatic carbocycles. The van der Waals surface area contributed by atoms with Gasteiger partial charge in [-0.25, -0.2) is 4.39 Å². The summed E-state index contributed by atoms with van der Waals surface area (Å²) in [6, 6.07) is 4.09. The molecule has 0 aromatic heterocycles. The van der Waals surface area contributed by atoms with Crippen molar-refractivity contribution in [2.24, 2.45) is 23.7 Å². The van der Waals surface area contributed by atoms with Gasteiger partial charge in [-0.05, 0) is 59.0 Å². The number of aliphatic carboxylic acids is 1. The summed E-state index contributed by atoms with van der Waals surface area (Å²) >= 11 is 1.94. The lowest BCUT2D eigenvalue weighted by Crippen LogP contribution is -2.36. The predicted octanol–water partition coefficient (Wildman–Crippen LogP) is 2.89. The van der Waals surface area contributed by atoms with E-state index in [4.69, 9.17) is 0 Å². The van der Waals surface area contributed by atoms with Gasteiger partial charge in [-0.3, -0.25) is 9.59 Å². The minimum atomic E-state index is -0.930. The highest BCUT2D eigenvalue weighted by molar-refractivity contribution is 14.1. The Labute approximate surface area is 134 Å². The molecule has 0 radical (unpaired) electrons. The van der Waals surface area contributed by atoms with Crippen molar-refractivity contribution in [2.75, 3.05) is 5.32 Å². The number of fused-ring (bicyclic) bond motifs is 2. The van der Waals surface area contributed by atoms with Gasteiger partial charge in [-0.15, -0.1) is 0 Å². The molecule has 2 N–H and O–H groups in total. The van der Waals surface area contributed by atoms with Crippen molar-refractivity contribution < 1.29 is 19.1 Å². The third kappa shape index (κ3) is 2.56. The average molecular weight is 401 g/mol. The van der Waals surface area contributed by atoms with E-state index in [1.165, 1.54) is 18.2 Å². The molecule has 4 nitrogen and oxygen atoms in total. The van der Waals surface area contributed by atoms with Crippen molar-refractivity contribution in [1.29, 1.82) is 0 Å². The monoisotopic (exact) mass is 401 g/mol. The Kier molecular flexibility index (Phi) is 3.73. The number of carboxylic acid groups (broad SMARTS) is 1. The summed E-state index contributed by atoms with van der Waals surface area (Å²) in [7, 11) is 0. The number of halogens is 2. The number of hydrogen-bond donors (Lipinski definition) is 2. The van der Waals surface area contributed by atoms with Crippen LogP contribution in [0.1, 0.15) is 6.42 Å². The minimum absolute atomic E-state index is 0.0193. The fraction of sp³-hybridized carbons (Fsp3) is 0.333. The van der Waals surface area contributed by atoms with Crippen LogP contribution < -0.4 is 5.32 Å². The summed E-state index contributed by atoms with van der Waals surface area (Å²) < 4.78 is 13.7. The number of allylic oxidation sites excluding steroid dienone is 2. The van der Waals surface area contributed by atoms with Crippen molar-refractivity contribution >= 4 is 40.2 Å². The molecule has 0 aliphatic heterocycles. The molecule has 21 heavy (non-hydrogen) atoms. The normalized spacial score (nSPS) is 29.6. The van der Waals surface area contributed by atoms with Crippen LogP contribution in [0.2, 0.25) is 0 Å². The molecule has 1 aromatic rings. The van der Waals surface area contributed by atoms with Crippen molar-refractivity contribution in [2.45, 2.75) is 6.42 Å². The molecule has 2 aliphatic rings. The van der Waals surface area contributed by atoms with E-state index in [-0.39, 0.29) is 23.6 Å². The van der Waals surface area contributed by atoms with Crippen LogP contribution in [0, 0.1) is 33.1 Å². The third-order valence-corrected chi connectivity index (χ3v) is 5.13. The van der Waals surface area contributed by atoms with E-state index in [0.29, 0.717) is 9.26 Å². The Balaban J connectivity index is 1.82. The highest BCUT2D eigenvalue weighted by Gasteiger charge is 2.51. The summed E-state index contributed by atoms with van der Waals surface area (Å²) in [5.74, 6) is -2.91. The van der Waals surface area contributed by atoms with Gasteiger partial charge in [0.1, 0.15) is 5.82 Å². The zero-order valence-electron chi connectivity index (χ0n) is 10.9. The zero-order valence-corrected chi connectivity index (χ0v) is 13.1. The van der Waals surface area contributed by atoms with Crippen molar-refractivity contribution in [1.82, 2.24) is 0 Å². The maximum Gasteiger partial charge on any atom is 0.307 e. The molecule has 1 saturated carbocycles. The van der Waals surface area contributed by atoms with Gasteiger partial charge in [0.05, 0.1) is 17.5 Å². The number of benzene rings is 1. The summed E-state index contributed by atoms with van der Waals surface area (Å²) in [5, 5.41) is 12.1. The number of anilines is 1. The summed E-state index contributed by atoms with van der Waals surface area (Å²) in [4.78, 5) is 23.9. The van der Waals surface area contributed by atoms with Crippen molar-refractivity contribution in [3.63, 3.8) is 0 Å². The van der Waals surface area contributed by atoms with Gasteiger partial charge in [-0.2, -0.15) is 0 Å². The second-order valence-electron chi connectivity index (χ2n) is 5.45. The second kappa shape index (κ2) is 5.40. The highest BCUT2D eigenvalue weighted by Crippen LogP contribution is 2.48. The van der Waals surface area contributed by atoms with Crippen molar-refractivity contribution in [3.8, 4) is 0 Å². The number of carbonyl (C=O) groups is 2. The standard InChI is InChI=1S/C15H13FINO3/c16-9-3-4-11(10(17)6-9)18-14(19)12-7-1-2-8(5-7)13(12)15(20)21/h1-4,6-8,12-13H,5H2,(H,18,19)(H,20,21). The molecule has 0 heterocycles. The first-order chi connectivity index (χ1) is 9.97. The van der Waals surface area contributed by atoms with Crippen LogP contribution in [0.25, 0.3) is 0 Å². The molecule has 2 aliphatic carbocycles. The lowest BCUT2D eigenvalue weighted by molar-refractivity contribution is -0.146. The molecule has 1 amide bonds. The van der Waals surface area contributed by atoms with Crippen LogP contribution in [0.3, 0.4) is 0 Å². The second-order valence-corrected chi connectivity index (χ2v) is 6.61. The molecule has 0 saturated heterocycles. The molecule has 3 rings (SSSR count). The van der Waals surface area contributed by atoms with Crippen LogP contribution in [0.15, 0.2) is 30.4 Å². The lowest BCUT2D eigenvalue weighted by atomic mass is 9.82. The number of nitrogens with one attached hydrogen (secondary N) is 1. The van der Waals surface area contributed by atoms with Crippen LogP contribution >= 0.6 is 22.6 Å². The summed E-state index contributed by atoms with van der Waals surface area (Å²) in [5.41, 5.74) is 0.512. The predicted molar refractivity (Wildman–Crippen MR) is 83.1 cm³/mol. The van der Waals surface area contributed by atoms with Crippen molar-refractivity contribution in [3.05, 3.63) is 39.7 Å². The number of carbonyl (C=O) groups excluding carboxylic acids is 1. The fourth-order valence-corrected chi connectivity index (χ4v) is 3.94. The molecule has 0 spiro atoms. The van der Waals surface area contributed by atoms with Crippen LogP contribution in [-0.4, -0.2) is 17.0 Å². The number of hydrogen-bond acceptors (Lipinski definition) is 2. The van der Waals surface area contributed by atoms with E-state index in [1.807, 2.05) is 34.7 Å². The van der Waals surface area contributed by atoms with Gasteiger partial charge >= 0.3 is 5.97 Å². The molecule has 6 heteroatoms. The number of carboxylic acids is 1. The summed E-state index contributed by atoms with van der Waals surface area (Å²) in [6.07, 6.45) is 4.55. The van der Waals surface area contributed by atoms with Gasteiger partial charge in [0.15, 0.2) is 0 Å². The zero-order chi connectivity index (χ0) is 15.1. The highest BCUT2D eigenvalue weighted by atomic mass is 127. The maximum atomic E-state index is 13.1.